The van der Waals surface area contributed by atoms with Gasteiger partial charge < -0.3 is 10.8 Å². The van der Waals surface area contributed by atoms with Crippen molar-refractivity contribution in [1.29, 1.82) is 0 Å². The Hall–Kier alpha value is -2.03. The SMILES string of the molecule is Cc1cccc(F)c1-c1ccc(N)c(O)c1. The van der Waals surface area contributed by atoms with Crippen molar-refractivity contribution >= 4 is 5.69 Å². The van der Waals surface area contributed by atoms with Crippen LogP contribution in [-0.4, -0.2) is 5.11 Å². The number of halogens is 1. The van der Waals surface area contributed by atoms with Gasteiger partial charge in [-0.1, -0.05) is 18.2 Å². The molecule has 0 heterocycles. The Labute approximate surface area is 93.2 Å². The lowest BCUT2D eigenvalue weighted by molar-refractivity contribution is 0.478. The smallest absolute Gasteiger partial charge is 0.139 e. The van der Waals surface area contributed by atoms with E-state index in [4.69, 9.17) is 5.73 Å². The highest BCUT2D eigenvalue weighted by atomic mass is 19.1. The van der Waals surface area contributed by atoms with Crippen LogP contribution >= 0.6 is 0 Å². The van der Waals surface area contributed by atoms with Crippen LogP contribution < -0.4 is 5.73 Å². The average Bonchev–Trinajstić information content (AvgIpc) is 2.23. The zero-order valence-corrected chi connectivity index (χ0v) is 8.87. The second-order valence-corrected chi connectivity index (χ2v) is 3.71. The quantitative estimate of drug-likeness (QED) is 0.569. The van der Waals surface area contributed by atoms with Crippen LogP contribution in [0.1, 0.15) is 5.56 Å². The molecule has 0 amide bonds. The van der Waals surface area contributed by atoms with Gasteiger partial charge in [-0.05, 0) is 36.2 Å². The number of benzene rings is 2. The first-order valence-electron chi connectivity index (χ1n) is 4.93. The van der Waals surface area contributed by atoms with E-state index in [1.54, 1.807) is 18.2 Å². The molecule has 0 aliphatic carbocycles. The molecule has 2 nitrogen and oxygen atoms in total. The maximum Gasteiger partial charge on any atom is 0.139 e. The number of nitrogens with two attached hydrogens (primary N) is 1. The van der Waals surface area contributed by atoms with Gasteiger partial charge in [-0.2, -0.15) is 0 Å². The first kappa shape index (κ1) is 10.5. The molecule has 2 rings (SSSR count). The Morgan fingerprint density at radius 2 is 1.94 bits per heavy atom. The Balaban J connectivity index is 2.63. The van der Waals surface area contributed by atoms with Gasteiger partial charge in [-0.25, -0.2) is 4.39 Å². The van der Waals surface area contributed by atoms with Gasteiger partial charge in [0, 0.05) is 5.56 Å². The summed E-state index contributed by atoms with van der Waals surface area (Å²) in [6, 6.07) is 9.62. The average molecular weight is 217 g/mol. The summed E-state index contributed by atoms with van der Waals surface area (Å²) in [6.45, 7) is 1.83. The van der Waals surface area contributed by atoms with Gasteiger partial charge in [0.2, 0.25) is 0 Å². The lowest BCUT2D eigenvalue weighted by Crippen LogP contribution is -1.90. The number of aryl methyl sites for hydroxylation is 1. The molecule has 0 aliphatic rings. The van der Waals surface area contributed by atoms with Crippen molar-refractivity contribution in [3.8, 4) is 16.9 Å². The molecule has 0 fully saturated rings. The summed E-state index contributed by atoms with van der Waals surface area (Å²) in [4.78, 5) is 0. The number of hydrogen-bond acceptors (Lipinski definition) is 2. The second kappa shape index (κ2) is 3.85. The van der Waals surface area contributed by atoms with Gasteiger partial charge in [-0.3, -0.25) is 0 Å². The van der Waals surface area contributed by atoms with Crippen molar-refractivity contribution in [2.75, 3.05) is 5.73 Å². The van der Waals surface area contributed by atoms with Crippen molar-refractivity contribution in [3.05, 3.63) is 47.8 Å². The van der Waals surface area contributed by atoms with Crippen LogP contribution in [-0.2, 0) is 0 Å². The molecule has 3 N–H and O–H groups in total. The molecule has 82 valence electrons. The predicted molar refractivity (Wildman–Crippen MR) is 62.7 cm³/mol. The van der Waals surface area contributed by atoms with Gasteiger partial charge in [0.1, 0.15) is 11.6 Å². The molecule has 2 aromatic rings. The van der Waals surface area contributed by atoms with E-state index in [-0.39, 0.29) is 17.3 Å². The molecule has 0 atom stereocenters. The Morgan fingerprint density at radius 3 is 2.56 bits per heavy atom. The molecular formula is C13H12FNO. The fourth-order valence-electron chi connectivity index (χ4n) is 1.70. The molecule has 0 saturated carbocycles. The molecule has 0 bridgehead atoms. The maximum absolute atomic E-state index is 13.7. The number of hydrogen-bond donors (Lipinski definition) is 2. The topological polar surface area (TPSA) is 46.2 Å². The molecule has 0 aliphatic heterocycles. The number of anilines is 1. The van der Waals surface area contributed by atoms with Crippen LogP contribution in [0.2, 0.25) is 0 Å². The molecule has 0 saturated heterocycles. The van der Waals surface area contributed by atoms with Gasteiger partial charge in [0.05, 0.1) is 5.69 Å². The number of nitrogen functional groups attached to an aromatic ring is 1. The fraction of sp³-hybridized carbons (Fsp3) is 0.0769. The van der Waals surface area contributed by atoms with E-state index in [0.717, 1.165) is 5.56 Å². The number of rotatable bonds is 1. The predicted octanol–water partition coefficient (Wildman–Crippen LogP) is 3.09. The minimum atomic E-state index is -0.302. The number of aromatic hydroxyl groups is 1. The van der Waals surface area contributed by atoms with Gasteiger partial charge >= 0.3 is 0 Å². The van der Waals surface area contributed by atoms with Crippen molar-refractivity contribution in [1.82, 2.24) is 0 Å². The van der Waals surface area contributed by atoms with Crippen LogP contribution in [0.15, 0.2) is 36.4 Å². The van der Waals surface area contributed by atoms with E-state index in [1.165, 1.54) is 12.1 Å². The highest BCUT2D eigenvalue weighted by Crippen LogP contribution is 2.31. The summed E-state index contributed by atoms with van der Waals surface area (Å²) in [5.41, 5.74) is 7.74. The van der Waals surface area contributed by atoms with Crippen LogP contribution in [0.4, 0.5) is 10.1 Å². The van der Waals surface area contributed by atoms with Crippen molar-refractivity contribution in [2.45, 2.75) is 6.92 Å². The van der Waals surface area contributed by atoms with E-state index in [1.807, 2.05) is 13.0 Å². The Morgan fingerprint density at radius 1 is 1.19 bits per heavy atom. The second-order valence-electron chi connectivity index (χ2n) is 3.71. The third kappa shape index (κ3) is 1.72. The van der Waals surface area contributed by atoms with Gasteiger partial charge in [0.25, 0.3) is 0 Å². The zero-order chi connectivity index (χ0) is 11.7. The van der Waals surface area contributed by atoms with E-state index < -0.39 is 0 Å². The fourth-order valence-corrected chi connectivity index (χ4v) is 1.70. The van der Waals surface area contributed by atoms with E-state index in [9.17, 15) is 9.50 Å². The molecule has 0 spiro atoms. The minimum absolute atomic E-state index is 0.0276. The number of phenols is 1. The number of phenolic OH excluding ortho intramolecular Hbond substituents is 1. The third-order valence-electron chi connectivity index (χ3n) is 2.54. The first-order chi connectivity index (χ1) is 7.59. The lowest BCUT2D eigenvalue weighted by atomic mass is 9.99. The Bertz CT molecular complexity index is 517. The van der Waals surface area contributed by atoms with Crippen molar-refractivity contribution in [2.24, 2.45) is 0 Å². The first-order valence-corrected chi connectivity index (χ1v) is 4.93. The van der Waals surface area contributed by atoms with Gasteiger partial charge in [-0.15, -0.1) is 0 Å². The molecular weight excluding hydrogens is 205 g/mol. The summed E-state index contributed by atoms with van der Waals surface area (Å²) >= 11 is 0. The summed E-state index contributed by atoms with van der Waals surface area (Å²) in [7, 11) is 0. The van der Waals surface area contributed by atoms with E-state index >= 15 is 0 Å². The molecule has 2 aromatic carbocycles. The normalized spacial score (nSPS) is 10.4. The molecule has 0 radical (unpaired) electrons. The minimum Gasteiger partial charge on any atom is -0.506 e. The van der Waals surface area contributed by atoms with Crippen LogP contribution in [0.5, 0.6) is 5.75 Å². The molecule has 3 heteroatoms. The standard InChI is InChI=1S/C13H12FNO/c1-8-3-2-4-10(14)13(8)9-5-6-11(15)12(16)7-9/h2-7,16H,15H2,1H3. The van der Waals surface area contributed by atoms with E-state index in [0.29, 0.717) is 11.1 Å². The molecule has 16 heavy (non-hydrogen) atoms. The monoisotopic (exact) mass is 217 g/mol. The van der Waals surface area contributed by atoms with Crippen LogP contribution in [0, 0.1) is 12.7 Å². The van der Waals surface area contributed by atoms with Crippen molar-refractivity contribution in [3.63, 3.8) is 0 Å². The van der Waals surface area contributed by atoms with Crippen LogP contribution in [0.25, 0.3) is 11.1 Å². The summed E-state index contributed by atoms with van der Waals surface area (Å²) < 4.78 is 13.7. The van der Waals surface area contributed by atoms with Crippen molar-refractivity contribution < 1.29 is 9.50 Å². The molecule has 0 unspecified atom stereocenters. The highest BCUT2D eigenvalue weighted by Gasteiger charge is 2.09. The van der Waals surface area contributed by atoms with E-state index in [2.05, 4.69) is 0 Å². The summed E-state index contributed by atoms with van der Waals surface area (Å²) in [5.74, 6) is -0.329. The lowest BCUT2D eigenvalue weighted by Gasteiger charge is -2.08. The van der Waals surface area contributed by atoms with Gasteiger partial charge in [0.15, 0.2) is 0 Å². The summed E-state index contributed by atoms with van der Waals surface area (Å²) in [6.07, 6.45) is 0. The maximum atomic E-state index is 13.7. The summed E-state index contributed by atoms with van der Waals surface area (Å²) in [5, 5.41) is 9.50. The zero-order valence-electron chi connectivity index (χ0n) is 8.87. The largest absolute Gasteiger partial charge is 0.506 e. The van der Waals surface area contributed by atoms with Crippen LogP contribution in [0.3, 0.4) is 0 Å². The highest BCUT2D eigenvalue weighted by molar-refractivity contribution is 5.72. The Kier molecular flexibility index (Phi) is 2.52. The molecule has 0 aromatic heterocycles. The third-order valence-corrected chi connectivity index (χ3v) is 2.54.